The molecule has 0 amide bonds. The number of nitrogens with zero attached hydrogens (tertiary/aromatic N) is 2. The molecule has 13 heavy (non-hydrogen) atoms. The van der Waals surface area contributed by atoms with Gasteiger partial charge in [-0.25, -0.2) is 4.99 Å². The standard InChI is InChI=1S/C10H13N3/c1-4-9-10(11-5-1)12-8-3-2-6-13(9)7-8/h2-3,11H,1,4-7H2. The lowest BCUT2D eigenvalue weighted by molar-refractivity contribution is 0.374. The summed E-state index contributed by atoms with van der Waals surface area (Å²) >= 11 is 0. The van der Waals surface area contributed by atoms with Crippen molar-refractivity contribution in [3.8, 4) is 0 Å². The van der Waals surface area contributed by atoms with Crippen LogP contribution in [0.3, 0.4) is 0 Å². The van der Waals surface area contributed by atoms with Gasteiger partial charge in [-0.1, -0.05) is 6.08 Å². The van der Waals surface area contributed by atoms with Gasteiger partial charge in [0.15, 0.2) is 0 Å². The minimum absolute atomic E-state index is 1.01. The van der Waals surface area contributed by atoms with Gasteiger partial charge in [0, 0.05) is 13.1 Å². The molecule has 0 spiro atoms. The monoisotopic (exact) mass is 175 g/mol. The van der Waals surface area contributed by atoms with E-state index in [1.807, 2.05) is 0 Å². The Labute approximate surface area is 77.8 Å². The van der Waals surface area contributed by atoms with Crippen LogP contribution in [0.5, 0.6) is 0 Å². The van der Waals surface area contributed by atoms with Gasteiger partial charge < -0.3 is 10.2 Å². The summed E-state index contributed by atoms with van der Waals surface area (Å²) in [5, 5.41) is 3.37. The SMILES string of the molecule is C1=CC2=NC3=C(CCCN3)N(C1)C2. The van der Waals surface area contributed by atoms with Gasteiger partial charge in [-0.05, 0) is 18.9 Å². The number of hydrogen-bond donors (Lipinski definition) is 1. The van der Waals surface area contributed by atoms with Crippen LogP contribution >= 0.6 is 0 Å². The molecule has 0 aromatic rings. The first-order chi connectivity index (χ1) is 6.43. The third-order valence-corrected chi connectivity index (χ3v) is 2.78. The molecule has 0 aromatic carbocycles. The molecular weight excluding hydrogens is 162 g/mol. The van der Waals surface area contributed by atoms with Crippen LogP contribution in [-0.4, -0.2) is 30.2 Å². The molecule has 0 radical (unpaired) electrons. The van der Waals surface area contributed by atoms with Crippen molar-refractivity contribution >= 4 is 5.71 Å². The van der Waals surface area contributed by atoms with Gasteiger partial charge >= 0.3 is 0 Å². The molecule has 3 heteroatoms. The lowest BCUT2D eigenvalue weighted by Crippen LogP contribution is -2.40. The number of aliphatic imine (C=N–C) groups is 1. The Balaban J connectivity index is 2.05. The van der Waals surface area contributed by atoms with Crippen LogP contribution < -0.4 is 5.32 Å². The quantitative estimate of drug-likeness (QED) is 0.591. The molecule has 3 heterocycles. The molecule has 0 aromatic heterocycles. The van der Waals surface area contributed by atoms with Crippen molar-refractivity contribution in [1.82, 2.24) is 10.2 Å². The second-order valence-corrected chi connectivity index (χ2v) is 3.71. The molecule has 3 rings (SSSR count). The summed E-state index contributed by atoms with van der Waals surface area (Å²) in [4.78, 5) is 7.00. The van der Waals surface area contributed by atoms with Gasteiger partial charge in [0.25, 0.3) is 0 Å². The third-order valence-electron chi connectivity index (χ3n) is 2.78. The maximum absolute atomic E-state index is 4.58. The first-order valence-corrected chi connectivity index (χ1v) is 4.89. The average molecular weight is 175 g/mol. The van der Waals surface area contributed by atoms with E-state index in [1.54, 1.807) is 0 Å². The smallest absolute Gasteiger partial charge is 0.145 e. The number of fused-ring (bicyclic) bond motifs is 3. The molecule has 0 fully saturated rings. The zero-order valence-corrected chi connectivity index (χ0v) is 7.58. The lowest BCUT2D eigenvalue weighted by Gasteiger charge is -2.36. The van der Waals surface area contributed by atoms with Gasteiger partial charge in [0.1, 0.15) is 5.82 Å². The van der Waals surface area contributed by atoms with Crippen LogP contribution in [0.2, 0.25) is 0 Å². The predicted molar refractivity (Wildman–Crippen MR) is 52.4 cm³/mol. The fourth-order valence-corrected chi connectivity index (χ4v) is 2.15. The Kier molecular flexibility index (Phi) is 1.45. The Morgan fingerprint density at radius 2 is 2.46 bits per heavy atom. The zero-order chi connectivity index (χ0) is 8.67. The van der Waals surface area contributed by atoms with Crippen LogP contribution in [0.15, 0.2) is 28.7 Å². The molecular formula is C10H13N3. The summed E-state index contributed by atoms with van der Waals surface area (Å²) < 4.78 is 0. The first-order valence-electron chi connectivity index (χ1n) is 4.89. The third kappa shape index (κ3) is 1.07. The molecule has 1 N–H and O–H groups in total. The van der Waals surface area contributed by atoms with Crippen molar-refractivity contribution < 1.29 is 0 Å². The Hall–Kier alpha value is -1.25. The van der Waals surface area contributed by atoms with E-state index in [9.17, 15) is 0 Å². The molecule has 0 saturated heterocycles. The van der Waals surface area contributed by atoms with Crippen LogP contribution in [0.25, 0.3) is 0 Å². The summed E-state index contributed by atoms with van der Waals surface area (Å²) in [6, 6.07) is 0. The van der Waals surface area contributed by atoms with Gasteiger partial charge in [-0.2, -0.15) is 0 Å². The summed E-state index contributed by atoms with van der Waals surface area (Å²) in [7, 11) is 0. The van der Waals surface area contributed by atoms with E-state index in [0.29, 0.717) is 0 Å². The van der Waals surface area contributed by atoms with E-state index in [2.05, 4.69) is 27.4 Å². The van der Waals surface area contributed by atoms with E-state index in [1.165, 1.54) is 24.3 Å². The summed E-state index contributed by atoms with van der Waals surface area (Å²) in [6.07, 6.45) is 6.76. The Morgan fingerprint density at radius 3 is 3.46 bits per heavy atom. The van der Waals surface area contributed by atoms with Crippen LogP contribution in [0, 0.1) is 0 Å². The van der Waals surface area contributed by atoms with E-state index < -0.39 is 0 Å². The molecule has 3 nitrogen and oxygen atoms in total. The maximum atomic E-state index is 4.58. The van der Waals surface area contributed by atoms with Crippen molar-refractivity contribution in [2.75, 3.05) is 19.6 Å². The van der Waals surface area contributed by atoms with Crippen molar-refractivity contribution in [3.63, 3.8) is 0 Å². The molecule has 0 unspecified atom stereocenters. The molecule has 68 valence electrons. The highest BCUT2D eigenvalue weighted by Crippen LogP contribution is 2.25. The topological polar surface area (TPSA) is 27.6 Å². The Morgan fingerprint density at radius 1 is 1.46 bits per heavy atom. The molecule has 3 aliphatic heterocycles. The van der Waals surface area contributed by atoms with Crippen molar-refractivity contribution in [2.45, 2.75) is 12.8 Å². The highest BCUT2D eigenvalue weighted by atomic mass is 15.2. The zero-order valence-electron chi connectivity index (χ0n) is 7.58. The number of allylic oxidation sites excluding steroid dienone is 1. The molecule has 0 atom stereocenters. The number of rotatable bonds is 0. The van der Waals surface area contributed by atoms with E-state index >= 15 is 0 Å². The molecule has 2 bridgehead atoms. The maximum Gasteiger partial charge on any atom is 0.145 e. The van der Waals surface area contributed by atoms with Crippen LogP contribution in [0.1, 0.15) is 12.8 Å². The largest absolute Gasteiger partial charge is 0.369 e. The van der Waals surface area contributed by atoms with Crippen molar-refractivity contribution in [3.05, 3.63) is 23.7 Å². The van der Waals surface area contributed by atoms with Gasteiger partial charge in [-0.3, -0.25) is 0 Å². The van der Waals surface area contributed by atoms with Crippen molar-refractivity contribution in [2.24, 2.45) is 4.99 Å². The fraction of sp³-hybridized carbons (Fsp3) is 0.500. The Bertz CT molecular complexity index is 325. The van der Waals surface area contributed by atoms with Crippen LogP contribution in [0.4, 0.5) is 0 Å². The summed E-state index contributed by atoms with van der Waals surface area (Å²) in [6.45, 7) is 3.14. The number of hydrogen-bond acceptors (Lipinski definition) is 3. The van der Waals surface area contributed by atoms with E-state index in [0.717, 1.165) is 25.5 Å². The summed E-state index contributed by atoms with van der Waals surface area (Å²) in [5.41, 5.74) is 2.61. The second kappa shape index (κ2) is 2.62. The molecule has 0 aliphatic carbocycles. The highest BCUT2D eigenvalue weighted by Gasteiger charge is 2.24. The molecule has 0 saturated carbocycles. The number of nitrogens with one attached hydrogen (secondary N) is 1. The highest BCUT2D eigenvalue weighted by molar-refractivity contribution is 5.98. The van der Waals surface area contributed by atoms with Gasteiger partial charge in [0.2, 0.25) is 0 Å². The minimum atomic E-state index is 1.01. The van der Waals surface area contributed by atoms with E-state index in [4.69, 9.17) is 0 Å². The lowest BCUT2D eigenvalue weighted by atomic mass is 10.1. The normalized spacial score (nSPS) is 25.2. The minimum Gasteiger partial charge on any atom is -0.369 e. The summed E-state index contributed by atoms with van der Waals surface area (Å²) in [5.74, 6) is 1.12. The van der Waals surface area contributed by atoms with E-state index in [-0.39, 0.29) is 0 Å². The predicted octanol–water partition coefficient (Wildman–Crippen LogP) is 0.865. The average Bonchev–Trinajstić information content (AvgIpc) is 2.18. The van der Waals surface area contributed by atoms with Crippen LogP contribution in [-0.2, 0) is 0 Å². The van der Waals surface area contributed by atoms with Gasteiger partial charge in [0.05, 0.1) is 18.0 Å². The molecule has 3 aliphatic rings. The first kappa shape index (κ1) is 7.18. The fourth-order valence-electron chi connectivity index (χ4n) is 2.15. The van der Waals surface area contributed by atoms with Gasteiger partial charge in [-0.15, -0.1) is 0 Å². The second-order valence-electron chi connectivity index (χ2n) is 3.71. The van der Waals surface area contributed by atoms with Crippen molar-refractivity contribution in [1.29, 1.82) is 0 Å².